The average Bonchev–Trinajstić information content (AvgIpc) is 3.05. The fourth-order valence-electron chi connectivity index (χ4n) is 4.34. The van der Waals surface area contributed by atoms with E-state index in [-0.39, 0.29) is 17.2 Å². The van der Waals surface area contributed by atoms with Gasteiger partial charge in [-0.25, -0.2) is 0 Å². The highest BCUT2D eigenvalue weighted by atomic mass is 32.2. The van der Waals surface area contributed by atoms with Crippen LogP contribution < -0.4 is 26.4 Å². The van der Waals surface area contributed by atoms with E-state index in [4.69, 9.17) is 10.5 Å². The second kappa shape index (κ2) is 15.9. The van der Waals surface area contributed by atoms with E-state index >= 15 is 0 Å². The van der Waals surface area contributed by atoms with Gasteiger partial charge in [-0.2, -0.15) is 0 Å². The smallest absolute Gasteiger partial charge is 0.272 e. The van der Waals surface area contributed by atoms with E-state index in [1.807, 2.05) is 32.0 Å². The number of amides is 4. The summed E-state index contributed by atoms with van der Waals surface area (Å²) in [4.78, 5) is 52.3. The third-order valence-corrected chi connectivity index (χ3v) is 7.89. The summed E-state index contributed by atoms with van der Waals surface area (Å²) in [5.74, 6) is -1.33. The maximum absolute atomic E-state index is 13.6. The minimum atomic E-state index is -0.634. The van der Waals surface area contributed by atoms with Crippen LogP contribution in [0.4, 0.5) is 11.4 Å². The molecule has 1 unspecified atom stereocenters. The van der Waals surface area contributed by atoms with Crippen molar-refractivity contribution >= 4 is 52.8 Å². The van der Waals surface area contributed by atoms with E-state index in [0.717, 1.165) is 4.90 Å². The number of ether oxygens (including phenoxy) is 1. The zero-order valence-electron chi connectivity index (χ0n) is 24.9. The molecular weight excluding hydrogens is 588 g/mol. The lowest BCUT2D eigenvalue weighted by Crippen LogP contribution is -2.30. The highest BCUT2D eigenvalue weighted by molar-refractivity contribution is 8.00. The van der Waals surface area contributed by atoms with Gasteiger partial charge in [0.25, 0.3) is 17.7 Å². The van der Waals surface area contributed by atoms with Crippen LogP contribution in [-0.4, -0.2) is 35.5 Å². The monoisotopic (exact) mass is 622 g/mol. The molecule has 5 N–H and O–H groups in total. The fourth-order valence-corrected chi connectivity index (χ4v) is 5.35. The topological polar surface area (TPSA) is 140 Å². The molecule has 0 saturated heterocycles. The van der Waals surface area contributed by atoms with Crippen molar-refractivity contribution in [2.24, 2.45) is 5.73 Å². The van der Waals surface area contributed by atoms with Gasteiger partial charge in [-0.3, -0.25) is 19.2 Å². The Balaban J connectivity index is 1.54. The number of benzene rings is 4. The molecule has 1 atom stereocenters. The van der Waals surface area contributed by atoms with Crippen LogP contribution in [0.3, 0.4) is 0 Å². The maximum Gasteiger partial charge on any atom is 0.272 e. The van der Waals surface area contributed by atoms with Gasteiger partial charge >= 0.3 is 0 Å². The van der Waals surface area contributed by atoms with Gasteiger partial charge in [-0.05, 0) is 68.0 Å². The lowest BCUT2D eigenvalue weighted by atomic mass is 10.1. The van der Waals surface area contributed by atoms with Crippen molar-refractivity contribution in [1.29, 1.82) is 0 Å². The highest BCUT2D eigenvalue weighted by Gasteiger charge is 2.21. The highest BCUT2D eigenvalue weighted by Crippen LogP contribution is 2.29. The first-order valence-electron chi connectivity index (χ1n) is 14.4. The number of primary amides is 1. The molecule has 9 nitrogen and oxygen atoms in total. The lowest BCUT2D eigenvalue weighted by molar-refractivity contribution is -0.116. The molecule has 4 amide bonds. The van der Waals surface area contributed by atoms with Crippen LogP contribution in [0.25, 0.3) is 6.08 Å². The first kappa shape index (κ1) is 32.6. The van der Waals surface area contributed by atoms with Gasteiger partial charge < -0.3 is 26.4 Å². The molecule has 10 heteroatoms. The molecule has 4 aromatic rings. The summed E-state index contributed by atoms with van der Waals surface area (Å²) < 4.78 is 5.72. The number of hydrogen-bond acceptors (Lipinski definition) is 6. The van der Waals surface area contributed by atoms with Crippen LogP contribution in [0.2, 0.25) is 0 Å². The van der Waals surface area contributed by atoms with Crippen LogP contribution in [0.15, 0.2) is 114 Å². The summed E-state index contributed by atoms with van der Waals surface area (Å²) in [6, 6.07) is 29.5. The Bertz CT molecular complexity index is 1710. The van der Waals surface area contributed by atoms with Crippen molar-refractivity contribution < 1.29 is 23.9 Å². The van der Waals surface area contributed by atoms with E-state index in [0.29, 0.717) is 41.3 Å². The van der Waals surface area contributed by atoms with E-state index < -0.39 is 23.0 Å². The maximum atomic E-state index is 13.6. The van der Waals surface area contributed by atoms with Crippen molar-refractivity contribution in [2.45, 2.75) is 30.4 Å². The number of nitrogens with two attached hydrogens (primary N) is 1. The Morgan fingerprint density at radius 2 is 1.56 bits per heavy atom. The summed E-state index contributed by atoms with van der Waals surface area (Å²) in [5.41, 5.74) is 7.54. The van der Waals surface area contributed by atoms with Gasteiger partial charge in [-0.1, -0.05) is 61.5 Å². The molecule has 0 spiro atoms. The summed E-state index contributed by atoms with van der Waals surface area (Å²) in [7, 11) is 0. The standard InChI is InChI=1S/C35H34N4O5S/c1-3-31(35(43)38-28-19-10-9-18-27(28)32(36)40)45-26-17-12-16-25(22-26)37-34(42)29(39-33(41)23-13-6-5-7-14-23)21-24-15-8-11-20-30(24)44-4-2/h5-22,31H,3-4H2,1-2H3,(H2,36,40)(H,37,42)(H,38,43)(H,39,41)/b29-21+. The number of carbonyl (C=O) groups is 4. The number of para-hydroxylation sites is 2. The normalized spacial score (nSPS) is 11.6. The van der Waals surface area contributed by atoms with Gasteiger partial charge in [0.2, 0.25) is 5.91 Å². The van der Waals surface area contributed by atoms with Crippen LogP contribution in [0.1, 0.15) is 46.5 Å². The van der Waals surface area contributed by atoms with Gasteiger partial charge in [0.05, 0.1) is 23.1 Å². The number of rotatable bonds is 13. The van der Waals surface area contributed by atoms with Gasteiger partial charge in [0.1, 0.15) is 11.4 Å². The molecule has 0 radical (unpaired) electrons. The Morgan fingerprint density at radius 1 is 0.844 bits per heavy atom. The molecule has 230 valence electrons. The second-order valence-corrected chi connectivity index (χ2v) is 11.0. The Labute approximate surface area is 266 Å². The van der Waals surface area contributed by atoms with Crippen molar-refractivity contribution in [1.82, 2.24) is 5.32 Å². The molecule has 0 aliphatic carbocycles. The number of carbonyl (C=O) groups excluding carboxylic acids is 4. The summed E-state index contributed by atoms with van der Waals surface area (Å²) in [6.45, 7) is 4.18. The average molecular weight is 623 g/mol. The number of nitrogens with one attached hydrogen (secondary N) is 3. The molecule has 0 aromatic heterocycles. The van der Waals surface area contributed by atoms with E-state index in [1.54, 1.807) is 91.0 Å². The van der Waals surface area contributed by atoms with Crippen molar-refractivity contribution in [2.75, 3.05) is 17.2 Å². The van der Waals surface area contributed by atoms with E-state index in [1.165, 1.54) is 11.8 Å². The van der Waals surface area contributed by atoms with Crippen molar-refractivity contribution in [3.63, 3.8) is 0 Å². The van der Waals surface area contributed by atoms with E-state index in [2.05, 4.69) is 16.0 Å². The molecular formula is C35H34N4O5S. The third kappa shape index (κ3) is 9.07. The molecule has 0 aliphatic heterocycles. The molecule has 0 aliphatic rings. The van der Waals surface area contributed by atoms with Crippen LogP contribution in [0, 0.1) is 0 Å². The molecule has 0 heterocycles. The third-order valence-electron chi connectivity index (χ3n) is 6.53. The van der Waals surface area contributed by atoms with Crippen LogP contribution >= 0.6 is 11.8 Å². The number of thioether (sulfide) groups is 1. The Kier molecular flexibility index (Phi) is 11.5. The second-order valence-electron chi connectivity index (χ2n) is 9.74. The Hall–Kier alpha value is -5.35. The predicted octanol–water partition coefficient (Wildman–Crippen LogP) is 6.10. The summed E-state index contributed by atoms with van der Waals surface area (Å²) >= 11 is 1.32. The van der Waals surface area contributed by atoms with Gasteiger partial charge in [0, 0.05) is 21.7 Å². The number of anilines is 2. The molecule has 0 fully saturated rings. The fraction of sp³-hybridized carbons (Fsp3) is 0.143. The largest absolute Gasteiger partial charge is 0.493 e. The summed E-state index contributed by atoms with van der Waals surface area (Å²) in [6.07, 6.45) is 2.07. The molecule has 0 bridgehead atoms. The first-order chi connectivity index (χ1) is 21.8. The number of hydrogen-bond donors (Lipinski definition) is 4. The predicted molar refractivity (Wildman–Crippen MR) is 178 cm³/mol. The van der Waals surface area contributed by atoms with Crippen molar-refractivity contribution in [3.8, 4) is 5.75 Å². The molecule has 4 rings (SSSR count). The van der Waals surface area contributed by atoms with Gasteiger partial charge in [0.15, 0.2) is 0 Å². The molecule has 45 heavy (non-hydrogen) atoms. The zero-order chi connectivity index (χ0) is 32.2. The first-order valence-corrected chi connectivity index (χ1v) is 15.2. The van der Waals surface area contributed by atoms with Crippen LogP contribution in [0.5, 0.6) is 5.75 Å². The van der Waals surface area contributed by atoms with E-state index in [9.17, 15) is 19.2 Å². The minimum absolute atomic E-state index is 0.0213. The quantitative estimate of drug-likeness (QED) is 0.105. The van der Waals surface area contributed by atoms with Gasteiger partial charge in [-0.15, -0.1) is 11.8 Å². The van der Waals surface area contributed by atoms with Crippen LogP contribution in [-0.2, 0) is 9.59 Å². The summed E-state index contributed by atoms with van der Waals surface area (Å²) in [5, 5.41) is 7.92. The minimum Gasteiger partial charge on any atom is -0.493 e. The Morgan fingerprint density at radius 3 is 2.29 bits per heavy atom. The van der Waals surface area contributed by atoms with Crippen molar-refractivity contribution in [3.05, 3.63) is 126 Å². The zero-order valence-corrected chi connectivity index (χ0v) is 25.7. The SMILES string of the molecule is CCOc1ccccc1/C=C(/NC(=O)c1ccccc1)C(=O)Nc1cccc(SC(CC)C(=O)Nc2ccccc2C(N)=O)c1. The molecule has 0 saturated carbocycles. The lowest BCUT2D eigenvalue weighted by Gasteiger charge is -2.17. The molecule has 4 aromatic carbocycles.